The number of halogens is 2. The lowest BCUT2D eigenvalue weighted by Gasteiger charge is -2.03. The highest BCUT2D eigenvalue weighted by molar-refractivity contribution is 9.24. The van der Waals surface area contributed by atoms with Crippen molar-refractivity contribution in [2.45, 2.75) is 23.0 Å². The van der Waals surface area contributed by atoms with Crippen LogP contribution in [-0.2, 0) is 4.57 Å². The van der Waals surface area contributed by atoms with Gasteiger partial charge in [-0.15, -0.1) is 0 Å². The van der Waals surface area contributed by atoms with Crippen LogP contribution in [0.1, 0.15) is 19.3 Å². The van der Waals surface area contributed by atoms with Gasteiger partial charge in [0.05, 0.1) is 3.74 Å². The largest absolute Gasteiger partial charge is 0.325 e. The lowest BCUT2D eigenvalue weighted by Crippen LogP contribution is -1.90. The van der Waals surface area contributed by atoms with Crippen molar-refractivity contribution in [3.05, 3.63) is 0 Å². The molecule has 0 aliphatic carbocycles. The minimum atomic E-state index is -3.76. The van der Waals surface area contributed by atoms with Crippen molar-refractivity contribution in [3.8, 4) is 0 Å². The minimum Gasteiger partial charge on any atom is -0.324 e. The molecule has 3 nitrogen and oxygen atoms in total. The van der Waals surface area contributed by atoms with E-state index in [1.54, 1.807) is 0 Å². The number of alkyl halides is 2. The van der Waals surface area contributed by atoms with E-state index in [0.717, 1.165) is 12.8 Å². The highest BCUT2D eigenvalue weighted by atomic mass is 79.9. The Morgan fingerprint density at radius 3 is 2.18 bits per heavy atom. The summed E-state index contributed by atoms with van der Waals surface area (Å²) in [4.78, 5) is 16.9. The van der Waals surface area contributed by atoms with Gasteiger partial charge in [-0.05, 0) is 12.8 Å². The Morgan fingerprint density at radius 1 is 1.27 bits per heavy atom. The predicted octanol–water partition coefficient (Wildman–Crippen LogP) is 2.45. The molecule has 68 valence electrons. The summed E-state index contributed by atoms with van der Waals surface area (Å²) in [6, 6.07) is 0. The molecule has 0 aromatic rings. The molecule has 11 heavy (non-hydrogen) atoms. The molecule has 6 heteroatoms. The summed E-state index contributed by atoms with van der Waals surface area (Å²) in [5.74, 6) is 0. The lowest BCUT2D eigenvalue weighted by molar-refractivity contribution is 0.371. The molecule has 0 heterocycles. The molecule has 0 saturated heterocycles. The Bertz CT molecular complexity index is 145. The van der Waals surface area contributed by atoms with Gasteiger partial charge in [0, 0.05) is 6.16 Å². The fraction of sp³-hybridized carbons (Fsp3) is 1.00. The maximum atomic E-state index is 10.3. The maximum Gasteiger partial charge on any atom is 0.325 e. The molecule has 0 fully saturated rings. The smallest absolute Gasteiger partial charge is 0.324 e. The van der Waals surface area contributed by atoms with Gasteiger partial charge in [-0.3, -0.25) is 4.57 Å². The molecule has 0 bridgehead atoms. The molecule has 0 radical (unpaired) electrons. The summed E-state index contributed by atoms with van der Waals surface area (Å²) in [5, 5.41) is 0. The maximum absolute atomic E-state index is 10.3. The fourth-order valence-electron chi connectivity index (χ4n) is 0.616. The van der Waals surface area contributed by atoms with E-state index in [1.807, 2.05) is 0 Å². The van der Waals surface area contributed by atoms with Gasteiger partial charge in [0.25, 0.3) is 0 Å². The summed E-state index contributed by atoms with van der Waals surface area (Å²) in [6.07, 6.45) is 2.30. The van der Waals surface area contributed by atoms with E-state index < -0.39 is 7.60 Å². The Balaban J connectivity index is 3.22. The predicted molar refractivity (Wildman–Crippen MR) is 52.4 cm³/mol. The SMILES string of the molecule is O=P(O)(O)CCCCC(Br)Br. The summed E-state index contributed by atoms with van der Waals surface area (Å²) < 4.78 is 10.6. The standard InChI is InChI=1S/C5H11Br2O3P/c6-5(7)3-1-2-4-11(8,9)10/h5H,1-4H2,(H2,8,9,10). The second-order valence-corrected chi connectivity index (χ2v) is 7.49. The third-order valence-electron chi connectivity index (χ3n) is 1.12. The van der Waals surface area contributed by atoms with Crippen molar-refractivity contribution >= 4 is 39.5 Å². The van der Waals surface area contributed by atoms with Gasteiger partial charge in [0.2, 0.25) is 0 Å². The van der Waals surface area contributed by atoms with Crippen LogP contribution in [0.2, 0.25) is 0 Å². The molecule has 2 N–H and O–H groups in total. The Hall–Kier alpha value is 1.11. The minimum absolute atomic E-state index is 0.000278. The van der Waals surface area contributed by atoms with E-state index in [0.29, 0.717) is 6.42 Å². The van der Waals surface area contributed by atoms with Crippen LogP contribution in [0.25, 0.3) is 0 Å². The zero-order valence-corrected chi connectivity index (χ0v) is 9.98. The van der Waals surface area contributed by atoms with Crippen molar-refractivity contribution in [3.63, 3.8) is 0 Å². The number of unbranched alkanes of at least 4 members (excludes halogenated alkanes) is 1. The van der Waals surface area contributed by atoms with Gasteiger partial charge in [0.1, 0.15) is 0 Å². The fourth-order valence-corrected chi connectivity index (χ4v) is 1.90. The summed E-state index contributed by atoms with van der Waals surface area (Å²) in [7, 11) is -3.76. The van der Waals surface area contributed by atoms with Crippen molar-refractivity contribution in [2.75, 3.05) is 6.16 Å². The molecular weight excluding hydrogens is 299 g/mol. The van der Waals surface area contributed by atoms with Gasteiger partial charge in [-0.1, -0.05) is 38.3 Å². The first-order chi connectivity index (χ1) is 4.92. The van der Waals surface area contributed by atoms with E-state index in [1.165, 1.54) is 0 Å². The van der Waals surface area contributed by atoms with Crippen LogP contribution in [0.4, 0.5) is 0 Å². The molecule has 0 rings (SSSR count). The van der Waals surface area contributed by atoms with E-state index in [2.05, 4.69) is 31.9 Å². The molecule has 0 saturated carbocycles. The van der Waals surface area contributed by atoms with Gasteiger partial charge in [-0.25, -0.2) is 0 Å². The second-order valence-electron chi connectivity index (χ2n) is 2.28. The monoisotopic (exact) mass is 308 g/mol. The molecule has 0 amide bonds. The van der Waals surface area contributed by atoms with Crippen LogP contribution in [-0.4, -0.2) is 19.7 Å². The highest BCUT2D eigenvalue weighted by Crippen LogP contribution is 2.35. The van der Waals surface area contributed by atoms with Crippen LogP contribution in [0.15, 0.2) is 0 Å². The molecule has 0 aliphatic heterocycles. The Morgan fingerprint density at radius 2 is 1.82 bits per heavy atom. The average Bonchev–Trinajstić information content (AvgIpc) is 1.78. The van der Waals surface area contributed by atoms with Crippen LogP contribution in [0.5, 0.6) is 0 Å². The third kappa shape index (κ3) is 11.1. The van der Waals surface area contributed by atoms with Gasteiger partial charge in [0.15, 0.2) is 0 Å². The molecule has 0 aliphatic rings. The Labute approximate surface area is 83.0 Å². The van der Waals surface area contributed by atoms with Crippen LogP contribution in [0.3, 0.4) is 0 Å². The number of rotatable bonds is 5. The van der Waals surface area contributed by atoms with E-state index in [-0.39, 0.29) is 9.90 Å². The normalized spacial score (nSPS) is 12.5. The highest BCUT2D eigenvalue weighted by Gasteiger charge is 2.11. The molecule has 0 aromatic heterocycles. The summed E-state index contributed by atoms with van der Waals surface area (Å²) in [5.41, 5.74) is 0. The first kappa shape index (κ1) is 12.1. The van der Waals surface area contributed by atoms with Crippen molar-refractivity contribution in [1.82, 2.24) is 0 Å². The number of hydrogen-bond donors (Lipinski definition) is 2. The number of hydrogen-bond acceptors (Lipinski definition) is 1. The van der Waals surface area contributed by atoms with Crippen LogP contribution in [0, 0.1) is 0 Å². The van der Waals surface area contributed by atoms with Crippen molar-refractivity contribution in [1.29, 1.82) is 0 Å². The first-order valence-corrected chi connectivity index (χ1v) is 6.87. The first-order valence-electron chi connectivity index (χ1n) is 3.24. The topological polar surface area (TPSA) is 57.5 Å². The van der Waals surface area contributed by atoms with E-state index in [4.69, 9.17) is 9.79 Å². The van der Waals surface area contributed by atoms with Gasteiger partial charge < -0.3 is 9.79 Å². The summed E-state index contributed by atoms with van der Waals surface area (Å²) >= 11 is 6.56. The van der Waals surface area contributed by atoms with Gasteiger partial charge in [-0.2, -0.15) is 0 Å². The molecule has 0 spiro atoms. The molecule has 0 aromatic carbocycles. The quantitative estimate of drug-likeness (QED) is 0.466. The lowest BCUT2D eigenvalue weighted by atomic mass is 10.3. The third-order valence-corrected chi connectivity index (χ3v) is 2.94. The second kappa shape index (κ2) is 5.70. The molecule has 0 atom stereocenters. The molecular formula is C5H11Br2O3P. The Kier molecular flexibility index (Phi) is 6.28. The zero-order chi connectivity index (χ0) is 8.91. The van der Waals surface area contributed by atoms with E-state index >= 15 is 0 Å². The van der Waals surface area contributed by atoms with Crippen molar-refractivity contribution < 1.29 is 14.4 Å². The summed E-state index contributed by atoms with van der Waals surface area (Å²) in [6.45, 7) is 0. The van der Waals surface area contributed by atoms with Gasteiger partial charge >= 0.3 is 7.60 Å². The van der Waals surface area contributed by atoms with Crippen molar-refractivity contribution in [2.24, 2.45) is 0 Å². The van der Waals surface area contributed by atoms with E-state index in [9.17, 15) is 4.57 Å². The average molecular weight is 310 g/mol. The van der Waals surface area contributed by atoms with Crippen LogP contribution < -0.4 is 0 Å². The van der Waals surface area contributed by atoms with Crippen LogP contribution >= 0.6 is 39.5 Å². The zero-order valence-electron chi connectivity index (χ0n) is 5.91. The molecule has 0 unspecified atom stereocenters.